The molecule has 1 amide bonds. The third-order valence-electron chi connectivity index (χ3n) is 5.34. The van der Waals surface area contributed by atoms with Crippen LogP contribution in [0.15, 0.2) is 36.7 Å². The van der Waals surface area contributed by atoms with Crippen molar-refractivity contribution in [3.8, 4) is 0 Å². The Hall–Kier alpha value is -2.21. The van der Waals surface area contributed by atoms with Gasteiger partial charge in [-0.25, -0.2) is 4.39 Å². The number of hydrogen-bond donors (Lipinski definition) is 0. The Balaban J connectivity index is 1.50. The second-order valence-corrected chi connectivity index (χ2v) is 7.15. The summed E-state index contributed by atoms with van der Waals surface area (Å²) >= 11 is 0. The molecule has 2 fully saturated rings. The van der Waals surface area contributed by atoms with E-state index in [0.717, 1.165) is 19.3 Å². The number of benzene rings is 1. The number of amides is 1. The van der Waals surface area contributed by atoms with E-state index in [1.807, 2.05) is 19.4 Å². The van der Waals surface area contributed by atoms with Gasteiger partial charge < -0.3 is 9.64 Å². The number of ether oxygens (including phenoxy) is 1. The van der Waals surface area contributed by atoms with E-state index in [4.69, 9.17) is 4.74 Å². The monoisotopic (exact) mass is 343 g/mol. The average molecular weight is 343 g/mol. The number of rotatable bonds is 2. The summed E-state index contributed by atoms with van der Waals surface area (Å²) in [5.74, 6) is -0.407. The molecule has 2 aliphatic heterocycles. The van der Waals surface area contributed by atoms with E-state index >= 15 is 0 Å². The summed E-state index contributed by atoms with van der Waals surface area (Å²) in [6.45, 7) is 1.82. The minimum absolute atomic E-state index is 0.140. The van der Waals surface area contributed by atoms with Crippen molar-refractivity contribution < 1.29 is 13.9 Å². The second-order valence-electron chi connectivity index (χ2n) is 7.15. The zero-order valence-corrected chi connectivity index (χ0v) is 14.3. The molecular weight excluding hydrogens is 321 g/mol. The first-order valence-electron chi connectivity index (χ1n) is 8.73. The minimum Gasteiger partial charge on any atom is -0.372 e. The van der Waals surface area contributed by atoms with Gasteiger partial charge in [-0.1, -0.05) is 12.1 Å². The van der Waals surface area contributed by atoms with Crippen LogP contribution in [-0.4, -0.2) is 45.9 Å². The number of nitrogens with zero attached hydrogens (tertiary/aromatic N) is 3. The average Bonchev–Trinajstić information content (AvgIpc) is 3.22. The Labute approximate surface area is 146 Å². The van der Waals surface area contributed by atoms with Crippen LogP contribution in [0.4, 0.5) is 4.39 Å². The summed E-state index contributed by atoms with van der Waals surface area (Å²) in [7, 11) is 1.91. The van der Waals surface area contributed by atoms with Crippen molar-refractivity contribution in [3.63, 3.8) is 0 Å². The summed E-state index contributed by atoms with van der Waals surface area (Å²) in [5.41, 5.74) is 0.998. The van der Waals surface area contributed by atoms with Gasteiger partial charge in [-0.2, -0.15) is 5.10 Å². The van der Waals surface area contributed by atoms with Crippen molar-refractivity contribution in [3.05, 3.63) is 53.6 Å². The SMILES string of the molecule is Cn1cc([C@H]2CO[C@]3(CCCN(C(=O)c4ccccc4F)C3)C2)cn1. The smallest absolute Gasteiger partial charge is 0.256 e. The van der Waals surface area contributed by atoms with E-state index in [-0.39, 0.29) is 17.1 Å². The molecule has 0 unspecified atom stereocenters. The van der Waals surface area contributed by atoms with Gasteiger partial charge >= 0.3 is 0 Å². The molecule has 4 rings (SSSR count). The number of halogens is 1. The number of likely N-dealkylation sites (tertiary alicyclic amines) is 1. The molecule has 5 nitrogen and oxygen atoms in total. The van der Waals surface area contributed by atoms with E-state index in [9.17, 15) is 9.18 Å². The van der Waals surface area contributed by atoms with Gasteiger partial charge in [-0.05, 0) is 37.0 Å². The molecule has 0 radical (unpaired) electrons. The lowest BCUT2D eigenvalue weighted by Crippen LogP contribution is -2.50. The Kier molecular flexibility index (Phi) is 4.07. The summed E-state index contributed by atoms with van der Waals surface area (Å²) < 4.78 is 21.9. The Bertz CT molecular complexity index is 790. The van der Waals surface area contributed by atoms with Crippen LogP contribution in [0, 0.1) is 5.82 Å². The lowest BCUT2D eigenvalue weighted by atomic mass is 9.84. The number of aryl methyl sites for hydroxylation is 1. The Morgan fingerprint density at radius 2 is 2.24 bits per heavy atom. The van der Waals surface area contributed by atoms with Gasteiger partial charge in [0, 0.05) is 32.3 Å². The minimum atomic E-state index is -0.465. The number of aromatic nitrogens is 2. The van der Waals surface area contributed by atoms with Crippen molar-refractivity contribution in [1.82, 2.24) is 14.7 Å². The lowest BCUT2D eigenvalue weighted by molar-refractivity contribution is -0.0448. The first kappa shape index (κ1) is 16.3. The Morgan fingerprint density at radius 1 is 1.40 bits per heavy atom. The van der Waals surface area contributed by atoms with Gasteiger partial charge in [-0.15, -0.1) is 0 Å². The number of piperidine rings is 1. The van der Waals surface area contributed by atoms with Crippen LogP contribution in [0.1, 0.15) is 41.1 Å². The number of carbonyl (C=O) groups is 1. The molecular formula is C19H22FN3O2. The molecule has 0 aliphatic carbocycles. The highest BCUT2D eigenvalue weighted by Crippen LogP contribution is 2.41. The van der Waals surface area contributed by atoms with Crippen LogP contribution in [0.25, 0.3) is 0 Å². The summed E-state index contributed by atoms with van der Waals surface area (Å²) in [5, 5.41) is 4.24. The maximum atomic E-state index is 14.0. The van der Waals surface area contributed by atoms with Gasteiger partial charge in [0.15, 0.2) is 0 Å². The molecule has 1 spiro atoms. The van der Waals surface area contributed by atoms with Crippen molar-refractivity contribution in [1.29, 1.82) is 0 Å². The maximum absolute atomic E-state index is 14.0. The molecule has 0 bridgehead atoms. The molecule has 0 saturated carbocycles. The topological polar surface area (TPSA) is 47.4 Å². The second kappa shape index (κ2) is 6.26. The van der Waals surface area contributed by atoms with Gasteiger partial charge in [0.2, 0.25) is 0 Å². The molecule has 6 heteroatoms. The highest BCUT2D eigenvalue weighted by atomic mass is 19.1. The highest BCUT2D eigenvalue weighted by Gasteiger charge is 2.45. The molecule has 2 saturated heterocycles. The normalized spacial score (nSPS) is 26.3. The van der Waals surface area contributed by atoms with Crippen molar-refractivity contribution in [2.45, 2.75) is 30.8 Å². The molecule has 2 aliphatic rings. The molecule has 1 aromatic carbocycles. The van der Waals surface area contributed by atoms with Gasteiger partial charge in [0.25, 0.3) is 5.91 Å². The first-order chi connectivity index (χ1) is 12.1. The third kappa shape index (κ3) is 3.06. The number of carbonyl (C=O) groups excluding carboxylic acids is 1. The van der Waals surface area contributed by atoms with Crippen LogP contribution >= 0.6 is 0 Å². The van der Waals surface area contributed by atoms with Crippen LogP contribution < -0.4 is 0 Å². The fourth-order valence-corrected chi connectivity index (χ4v) is 4.07. The molecule has 3 heterocycles. The fraction of sp³-hybridized carbons (Fsp3) is 0.474. The Morgan fingerprint density at radius 3 is 3.00 bits per heavy atom. The van der Waals surface area contributed by atoms with Crippen LogP contribution in [-0.2, 0) is 11.8 Å². The van der Waals surface area contributed by atoms with Gasteiger partial charge in [0.05, 0.1) is 24.0 Å². The maximum Gasteiger partial charge on any atom is 0.256 e. The predicted octanol–water partition coefficient (Wildman–Crippen LogP) is 2.74. The predicted molar refractivity (Wildman–Crippen MR) is 90.8 cm³/mol. The van der Waals surface area contributed by atoms with Crippen LogP contribution in [0.5, 0.6) is 0 Å². The fourth-order valence-electron chi connectivity index (χ4n) is 4.07. The van der Waals surface area contributed by atoms with Crippen molar-refractivity contribution >= 4 is 5.91 Å². The van der Waals surface area contributed by atoms with Gasteiger partial charge in [-0.3, -0.25) is 9.48 Å². The van der Waals surface area contributed by atoms with E-state index in [0.29, 0.717) is 25.6 Å². The van der Waals surface area contributed by atoms with Crippen LogP contribution in [0.3, 0.4) is 0 Å². The lowest BCUT2D eigenvalue weighted by Gasteiger charge is -2.39. The quantitative estimate of drug-likeness (QED) is 0.842. The van der Waals surface area contributed by atoms with E-state index in [1.54, 1.807) is 27.8 Å². The standard InChI is InChI=1S/C19H22FN3O2/c1-22-11-15(10-21-22)14-9-19(25-12-14)7-4-8-23(13-19)18(24)16-5-2-3-6-17(16)20/h2-3,5-6,10-11,14H,4,7-9,12-13H2,1H3/t14-,19-/m1/s1. The van der Waals surface area contributed by atoms with Crippen LogP contribution in [0.2, 0.25) is 0 Å². The molecule has 132 valence electrons. The summed E-state index contributed by atoms with van der Waals surface area (Å²) in [6, 6.07) is 6.17. The van der Waals surface area contributed by atoms with E-state index < -0.39 is 5.82 Å². The van der Waals surface area contributed by atoms with E-state index in [2.05, 4.69) is 5.10 Å². The van der Waals surface area contributed by atoms with Crippen molar-refractivity contribution in [2.24, 2.45) is 7.05 Å². The zero-order valence-electron chi connectivity index (χ0n) is 14.3. The largest absolute Gasteiger partial charge is 0.372 e. The zero-order chi connectivity index (χ0) is 17.4. The third-order valence-corrected chi connectivity index (χ3v) is 5.34. The number of hydrogen-bond acceptors (Lipinski definition) is 3. The molecule has 1 aromatic heterocycles. The first-order valence-corrected chi connectivity index (χ1v) is 8.73. The van der Waals surface area contributed by atoms with Crippen molar-refractivity contribution in [2.75, 3.05) is 19.7 Å². The van der Waals surface area contributed by atoms with E-state index in [1.165, 1.54) is 11.6 Å². The summed E-state index contributed by atoms with van der Waals surface area (Å²) in [4.78, 5) is 14.5. The summed E-state index contributed by atoms with van der Waals surface area (Å²) in [6.07, 6.45) is 6.60. The van der Waals surface area contributed by atoms with Gasteiger partial charge in [0.1, 0.15) is 5.82 Å². The molecule has 0 N–H and O–H groups in total. The highest BCUT2D eigenvalue weighted by molar-refractivity contribution is 5.94. The molecule has 2 atom stereocenters. The molecule has 25 heavy (non-hydrogen) atoms. The molecule has 2 aromatic rings.